The first-order chi connectivity index (χ1) is 13.5. The Hall–Kier alpha value is -2.82. The third-order valence-corrected chi connectivity index (χ3v) is 5.51. The topological polar surface area (TPSA) is 58.6 Å². The van der Waals surface area contributed by atoms with Gasteiger partial charge in [-0.3, -0.25) is 9.59 Å². The number of hydrogen-bond acceptors (Lipinski definition) is 3. The largest absolute Gasteiger partial charge is 0.497 e. The Morgan fingerprint density at radius 2 is 1.89 bits per heavy atom. The third-order valence-electron chi connectivity index (χ3n) is 5.51. The molecular formula is C23H28N2O3. The van der Waals surface area contributed by atoms with Crippen LogP contribution < -0.4 is 10.1 Å². The molecule has 0 fully saturated rings. The number of carbonyl (C=O) groups excluding carboxylic acids is 2. The summed E-state index contributed by atoms with van der Waals surface area (Å²) in [5.41, 5.74) is 2.83. The van der Waals surface area contributed by atoms with E-state index in [2.05, 4.69) is 12.2 Å². The lowest BCUT2D eigenvalue weighted by atomic mass is 9.96. The number of benzene rings is 2. The average molecular weight is 380 g/mol. The Morgan fingerprint density at radius 1 is 1.18 bits per heavy atom. The van der Waals surface area contributed by atoms with Crippen molar-refractivity contribution in [3.8, 4) is 5.75 Å². The molecule has 0 radical (unpaired) electrons. The molecule has 1 N–H and O–H groups in total. The van der Waals surface area contributed by atoms with Crippen molar-refractivity contribution in [1.82, 2.24) is 10.2 Å². The summed E-state index contributed by atoms with van der Waals surface area (Å²) < 4.78 is 5.17. The molecule has 5 heteroatoms. The van der Waals surface area contributed by atoms with Crippen molar-refractivity contribution >= 4 is 11.8 Å². The lowest BCUT2D eigenvalue weighted by Crippen LogP contribution is -2.50. The summed E-state index contributed by atoms with van der Waals surface area (Å²) in [6.45, 7) is 5.11. The second-order valence-corrected chi connectivity index (χ2v) is 7.31. The molecule has 5 nitrogen and oxygen atoms in total. The highest BCUT2D eigenvalue weighted by Gasteiger charge is 2.38. The maximum atomic E-state index is 13.0. The molecule has 0 aromatic heterocycles. The van der Waals surface area contributed by atoms with Crippen LogP contribution >= 0.6 is 0 Å². The fraction of sp³-hybridized carbons (Fsp3) is 0.391. The number of methoxy groups -OCH3 is 1. The minimum Gasteiger partial charge on any atom is -0.497 e. The average Bonchev–Trinajstić information content (AvgIpc) is 3.05. The molecule has 2 aromatic carbocycles. The molecule has 2 amide bonds. The van der Waals surface area contributed by atoms with E-state index in [1.165, 1.54) is 0 Å². The lowest BCUT2D eigenvalue weighted by Gasteiger charge is -2.31. The highest BCUT2D eigenvalue weighted by atomic mass is 16.5. The molecule has 1 aliphatic heterocycles. The molecule has 2 aromatic rings. The molecule has 2 unspecified atom stereocenters. The van der Waals surface area contributed by atoms with E-state index < -0.39 is 6.04 Å². The molecule has 2 atom stereocenters. The minimum absolute atomic E-state index is 0.0498. The Balaban J connectivity index is 1.65. The molecule has 1 aliphatic rings. The molecule has 1 heterocycles. The quantitative estimate of drug-likeness (QED) is 0.763. The molecule has 0 spiro atoms. The van der Waals surface area contributed by atoms with Gasteiger partial charge in [0.1, 0.15) is 11.8 Å². The number of carbonyl (C=O) groups is 2. The van der Waals surface area contributed by atoms with E-state index in [0.717, 1.165) is 29.7 Å². The van der Waals surface area contributed by atoms with Crippen LogP contribution in [0.1, 0.15) is 41.8 Å². The van der Waals surface area contributed by atoms with E-state index in [4.69, 9.17) is 4.74 Å². The van der Waals surface area contributed by atoms with Gasteiger partial charge in [0.05, 0.1) is 7.11 Å². The maximum Gasteiger partial charge on any atom is 0.255 e. The number of nitrogens with one attached hydrogen (secondary N) is 1. The van der Waals surface area contributed by atoms with Gasteiger partial charge in [-0.2, -0.15) is 0 Å². The number of rotatable bonds is 8. The van der Waals surface area contributed by atoms with E-state index >= 15 is 0 Å². The van der Waals surface area contributed by atoms with E-state index in [1.54, 1.807) is 12.0 Å². The van der Waals surface area contributed by atoms with Crippen molar-refractivity contribution in [3.63, 3.8) is 0 Å². The maximum absolute atomic E-state index is 13.0. The van der Waals surface area contributed by atoms with Crippen molar-refractivity contribution in [3.05, 3.63) is 65.2 Å². The summed E-state index contributed by atoms with van der Waals surface area (Å²) in [5, 5.41) is 3.04. The first-order valence-corrected chi connectivity index (χ1v) is 9.84. The zero-order valence-corrected chi connectivity index (χ0v) is 16.8. The van der Waals surface area contributed by atoms with Crippen LogP contribution in [-0.4, -0.2) is 36.4 Å². The van der Waals surface area contributed by atoms with Gasteiger partial charge in [0.25, 0.3) is 5.91 Å². The fourth-order valence-corrected chi connectivity index (χ4v) is 3.66. The second-order valence-electron chi connectivity index (χ2n) is 7.31. The Labute approximate surface area is 166 Å². The van der Waals surface area contributed by atoms with Gasteiger partial charge >= 0.3 is 0 Å². The predicted molar refractivity (Wildman–Crippen MR) is 109 cm³/mol. The third kappa shape index (κ3) is 4.19. The molecule has 0 saturated heterocycles. The number of ether oxygens (including phenoxy) is 1. The summed E-state index contributed by atoms with van der Waals surface area (Å²) in [7, 11) is 1.64. The van der Waals surface area contributed by atoms with Crippen LogP contribution in [0.15, 0.2) is 48.5 Å². The van der Waals surface area contributed by atoms with Crippen LogP contribution in [0.2, 0.25) is 0 Å². The zero-order chi connectivity index (χ0) is 20.1. The van der Waals surface area contributed by atoms with Gasteiger partial charge in [-0.15, -0.1) is 0 Å². The van der Waals surface area contributed by atoms with Gasteiger partial charge in [-0.1, -0.05) is 50.6 Å². The van der Waals surface area contributed by atoms with Crippen molar-refractivity contribution < 1.29 is 14.3 Å². The minimum atomic E-state index is -0.458. The first-order valence-electron chi connectivity index (χ1n) is 9.84. The summed E-state index contributed by atoms with van der Waals surface area (Å²) >= 11 is 0. The van der Waals surface area contributed by atoms with Gasteiger partial charge in [0.2, 0.25) is 5.91 Å². The summed E-state index contributed by atoms with van der Waals surface area (Å²) in [5.74, 6) is 0.770. The molecular weight excluding hydrogens is 352 g/mol. The number of amides is 2. The first kappa shape index (κ1) is 19.9. The SMILES string of the molecule is CCC(C)C(C(=O)NCCc1ccc(OC)cc1)N1Cc2ccccc2C1=O. The van der Waals surface area contributed by atoms with Crippen LogP contribution in [-0.2, 0) is 17.8 Å². The smallest absolute Gasteiger partial charge is 0.255 e. The highest BCUT2D eigenvalue weighted by molar-refractivity contribution is 6.01. The van der Waals surface area contributed by atoms with Crippen molar-refractivity contribution in [2.24, 2.45) is 5.92 Å². The van der Waals surface area contributed by atoms with Gasteiger partial charge in [-0.05, 0) is 41.7 Å². The number of fused-ring (bicyclic) bond motifs is 1. The number of hydrogen-bond donors (Lipinski definition) is 1. The van der Waals surface area contributed by atoms with Crippen molar-refractivity contribution in [1.29, 1.82) is 0 Å². The van der Waals surface area contributed by atoms with Gasteiger partial charge < -0.3 is 15.0 Å². The van der Waals surface area contributed by atoms with Gasteiger partial charge in [0, 0.05) is 18.7 Å². The molecule has 0 bridgehead atoms. The summed E-state index contributed by atoms with van der Waals surface area (Å²) in [4.78, 5) is 27.6. The molecule has 148 valence electrons. The summed E-state index contributed by atoms with van der Waals surface area (Å²) in [6, 6.07) is 15.0. The molecule has 0 saturated carbocycles. The Kier molecular flexibility index (Phi) is 6.34. The van der Waals surface area contributed by atoms with E-state index in [0.29, 0.717) is 18.7 Å². The predicted octanol–water partition coefficient (Wildman–Crippen LogP) is 3.42. The van der Waals surface area contributed by atoms with Crippen LogP contribution in [0.3, 0.4) is 0 Å². The highest BCUT2D eigenvalue weighted by Crippen LogP contribution is 2.28. The van der Waals surface area contributed by atoms with E-state index in [9.17, 15) is 9.59 Å². The zero-order valence-electron chi connectivity index (χ0n) is 16.8. The van der Waals surface area contributed by atoms with Crippen molar-refractivity contribution in [2.45, 2.75) is 39.3 Å². The summed E-state index contributed by atoms with van der Waals surface area (Å²) in [6.07, 6.45) is 1.56. The standard InChI is InChI=1S/C23H28N2O3/c1-4-16(2)21(25-15-18-7-5-6-8-20(18)23(25)27)22(26)24-14-13-17-9-11-19(28-3)12-10-17/h5-12,16,21H,4,13-15H2,1-3H3,(H,24,26). The van der Waals surface area contributed by atoms with Gasteiger partial charge in [-0.25, -0.2) is 0 Å². The Bertz CT molecular complexity index is 832. The van der Waals surface area contributed by atoms with E-state index in [1.807, 2.05) is 55.5 Å². The van der Waals surface area contributed by atoms with Crippen LogP contribution in [0.5, 0.6) is 5.75 Å². The Morgan fingerprint density at radius 3 is 2.54 bits per heavy atom. The monoisotopic (exact) mass is 380 g/mol. The lowest BCUT2D eigenvalue weighted by molar-refractivity contribution is -0.127. The fourth-order valence-electron chi connectivity index (χ4n) is 3.66. The van der Waals surface area contributed by atoms with Crippen LogP contribution in [0, 0.1) is 5.92 Å². The van der Waals surface area contributed by atoms with E-state index in [-0.39, 0.29) is 17.7 Å². The van der Waals surface area contributed by atoms with Gasteiger partial charge in [0.15, 0.2) is 0 Å². The van der Waals surface area contributed by atoms with Crippen LogP contribution in [0.25, 0.3) is 0 Å². The second kappa shape index (κ2) is 8.91. The number of nitrogens with zero attached hydrogens (tertiary/aromatic N) is 1. The molecule has 3 rings (SSSR count). The van der Waals surface area contributed by atoms with Crippen molar-refractivity contribution in [2.75, 3.05) is 13.7 Å². The van der Waals surface area contributed by atoms with Crippen LogP contribution in [0.4, 0.5) is 0 Å². The molecule has 0 aliphatic carbocycles. The molecule has 28 heavy (non-hydrogen) atoms. The normalized spacial score (nSPS) is 15.1.